The Hall–Kier alpha value is -4.25. The van der Waals surface area contributed by atoms with E-state index in [0.717, 1.165) is 33.9 Å². The van der Waals surface area contributed by atoms with Gasteiger partial charge in [0.25, 0.3) is 15.9 Å². The van der Waals surface area contributed by atoms with Crippen LogP contribution in [0.5, 0.6) is 5.88 Å². The molecule has 0 saturated heterocycles. The molecule has 1 amide bonds. The summed E-state index contributed by atoms with van der Waals surface area (Å²) in [7, 11) is -2.90. The number of sulfonamides is 1. The van der Waals surface area contributed by atoms with Crippen molar-refractivity contribution in [1.82, 2.24) is 14.9 Å². The van der Waals surface area contributed by atoms with Crippen LogP contribution in [0.3, 0.4) is 0 Å². The molecule has 0 fully saturated rings. The lowest BCUT2D eigenvalue weighted by Gasteiger charge is -2.34. The van der Waals surface area contributed by atoms with Crippen molar-refractivity contribution in [2.24, 2.45) is 10.7 Å². The number of hydrogen-bond acceptors (Lipinski definition) is 8. The van der Waals surface area contributed by atoms with Crippen molar-refractivity contribution < 1.29 is 17.9 Å². The molecule has 2 aliphatic rings. The van der Waals surface area contributed by atoms with Crippen LogP contribution in [0, 0.1) is 13.8 Å². The van der Waals surface area contributed by atoms with Crippen molar-refractivity contribution in [3.63, 3.8) is 0 Å². The molecule has 5 rings (SSSR count). The fourth-order valence-electron chi connectivity index (χ4n) is 4.62. The van der Waals surface area contributed by atoms with Crippen LogP contribution in [0.1, 0.15) is 28.4 Å². The van der Waals surface area contributed by atoms with Crippen molar-refractivity contribution in [2.45, 2.75) is 26.5 Å². The van der Waals surface area contributed by atoms with Gasteiger partial charge in [-0.25, -0.2) is 9.71 Å². The second kappa shape index (κ2) is 9.32. The first-order valence-corrected chi connectivity index (χ1v) is 13.1. The van der Waals surface area contributed by atoms with Crippen LogP contribution in [0.2, 0.25) is 0 Å². The predicted octanol–water partition coefficient (Wildman–Crippen LogP) is 2.85. The van der Waals surface area contributed by atoms with E-state index >= 15 is 0 Å². The van der Waals surface area contributed by atoms with Crippen LogP contribution in [0.15, 0.2) is 64.6 Å². The zero-order valence-electron chi connectivity index (χ0n) is 20.6. The van der Waals surface area contributed by atoms with Gasteiger partial charge in [0, 0.05) is 31.3 Å². The number of nitrogens with zero attached hydrogens (tertiary/aromatic N) is 4. The number of rotatable bonds is 1. The summed E-state index contributed by atoms with van der Waals surface area (Å²) in [6.45, 7) is 4.42. The highest BCUT2D eigenvalue weighted by molar-refractivity contribution is 7.96. The van der Waals surface area contributed by atoms with Gasteiger partial charge in [-0.3, -0.25) is 9.79 Å². The molecule has 0 saturated carbocycles. The minimum Gasteiger partial charge on any atom is -0.467 e. The monoisotopic (exact) mass is 518 g/mol. The van der Waals surface area contributed by atoms with E-state index in [2.05, 4.69) is 19.7 Å². The number of carbonyl (C=O) groups is 1. The summed E-state index contributed by atoms with van der Waals surface area (Å²) < 4.78 is 34.8. The third-order valence-corrected chi connectivity index (χ3v) is 7.60. The van der Waals surface area contributed by atoms with Gasteiger partial charge < -0.3 is 15.4 Å². The normalized spacial score (nSPS) is 21.3. The molecule has 1 unspecified atom stereocenters. The van der Waals surface area contributed by atoms with Crippen molar-refractivity contribution in [3.05, 3.63) is 81.9 Å². The molecule has 0 radical (unpaired) electrons. The maximum Gasteiger partial charge on any atom is 0.279 e. The number of ether oxygens (including phenoxy) is 1. The third kappa shape index (κ3) is 4.65. The van der Waals surface area contributed by atoms with Crippen LogP contribution < -0.4 is 15.2 Å². The van der Waals surface area contributed by atoms with Gasteiger partial charge in [0.1, 0.15) is 16.8 Å². The quantitative estimate of drug-likeness (QED) is 0.505. The maximum atomic E-state index is 13.4. The molecule has 4 bridgehead atoms. The molecule has 3 N–H and O–H groups in total. The Morgan fingerprint density at radius 1 is 1.11 bits per heavy atom. The van der Waals surface area contributed by atoms with Crippen LogP contribution in [-0.4, -0.2) is 48.5 Å². The number of amides is 1. The molecule has 10 nitrogen and oxygen atoms in total. The van der Waals surface area contributed by atoms with Gasteiger partial charge >= 0.3 is 0 Å². The van der Waals surface area contributed by atoms with Gasteiger partial charge in [-0.1, -0.05) is 42.5 Å². The number of benzene rings is 2. The minimum absolute atomic E-state index is 0.0934. The van der Waals surface area contributed by atoms with Crippen molar-refractivity contribution in [3.8, 4) is 17.1 Å². The summed E-state index contributed by atoms with van der Waals surface area (Å²) in [4.78, 5) is 27.8. The van der Waals surface area contributed by atoms with E-state index in [4.69, 9.17) is 10.5 Å². The van der Waals surface area contributed by atoms with E-state index in [9.17, 15) is 13.2 Å². The number of aryl methyl sites for hydroxylation is 2. The Morgan fingerprint density at radius 3 is 2.57 bits per heavy atom. The Kier molecular flexibility index (Phi) is 6.16. The van der Waals surface area contributed by atoms with Gasteiger partial charge in [0.2, 0.25) is 11.8 Å². The predicted molar refractivity (Wildman–Crippen MR) is 140 cm³/mol. The van der Waals surface area contributed by atoms with Gasteiger partial charge in [0.15, 0.2) is 0 Å². The summed E-state index contributed by atoms with van der Waals surface area (Å²) in [6.07, 6.45) is 0.495. The van der Waals surface area contributed by atoms with E-state index in [0.29, 0.717) is 12.2 Å². The average Bonchev–Trinajstić information content (AvgIpc) is 2.86. The molecule has 1 aromatic heterocycles. The number of aliphatic imine (C=N–C) groups is 1. The molecule has 2 aliphatic heterocycles. The van der Waals surface area contributed by atoms with E-state index in [1.807, 2.05) is 56.3 Å². The number of nitrogens with one attached hydrogen (secondary N) is 1. The van der Waals surface area contributed by atoms with E-state index in [1.54, 1.807) is 11.0 Å². The van der Waals surface area contributed by atoms with Gasteiger partial charge in [-0.2, -0.15) is 13.4 Å². The number of fused-ring (bicyclic) bond motifs is 6. The fourth-order valence-corrected chi connectivity index (χ4v) is 5.33. The molecule has 3 aromatic rings. The van der Waals surface area contributed by atoms with Gasteiger partial charge in [-0.15, -0.1) is 0 Å². The molecule has 0 aliphatic carbocycles. The number of aromatic nitrogens is 2. The highest BCUT2D eigenvalue weighted by Gasteiger charge is 2.32. The van der Waals surface area contributed by atoms with Gasteiger partial charge in [-0.05, 0) is 36.1 Å². The first-order valence-electron chi connectivity index (χ1n) is 11.6. The fraction of sp³-hybridized carbons (Fsp3) is 0.231. The Bertz CT molecular complexity index is 1560. The van der Waals surface area contributed by atoms with Crippen molar-refractivity contribution >= 4 is 27.6 Å². The number of anilines is 1. The summed E-state index contributed by atoms with van der Waals surface area (Å²) in [5, 5.41) is -0.585. The Balaban J connectivity index is 1.73. The summed E-state index contributed by atoms with van der Waals surface area (Å²) >= 11 is 0. The van der Waals surface area contributed by atoms with Crippen LogP contribution >= 0.6 is 0 Å². The molecule has 0 spiro atoms. The number of hydrogen-bond donors (Lipinski definition) is 2. The molecule has 11 heteroatoms. The Labute approximate surface area is 215 Å². The Morgan fingerprint density at radius 2 is 1.84 bits per heavy atom. The summed E-state index contributed by atoms with van der Waals surface area (Å²) in [5.74, 6) is -0.504. The van der Waals surface area contributed by atoms with E-state index in [-0.39, 0.29) is 24.1 Å². The lowest BCUT2D eigenvalue weighted by Crippen LogP contribution is -2.43. The topological polar surface area (TPSA) is 140 Å². The minimum atomic E-state index is -4.30. The van der Waals surface area contributed by atoms with Crippen molar-refractivity contribution in [1.29, 1.82) is 0 Å². The maximum absolute atomic E-state index is 13.4. The molecule has 37 heavy (non-hydrogen) atoms. The second-order valence-electron chi connectivity index (χ2n) is 8.93. The lowest BCUT2D eigenvalue weighted by atomic mass is 9.97. The zero-order chi connectivity index (χ0) is 26.3. The second-order valence-corrected chi connectivity index (χ2v) is 10.6. The smallest absolute Gasteiger partial charge is 0.279 e. The first-order chi connectivity index (χ1) is 17.7. The zero-order valence-corrected chi connectivity index (χ0v) is 21.4. The highest BCUT2D eigenvalue weighted by Crippen LogP contribution is 2.34. The SMILES string of the molecule is CN=C1/C=C(\N)S(=O)(=O)Nc2nc(cc(-c3c(C)cccc3C)n2)OC2CN(Cc3ccccc32)C1=O. The molecular weight excluding hydrogens is 492 g/mol. The lowest BCUT2D eigenvalue weighted by molar-refractivity contribution is -0.126. The van der Waals surface area contributed by atoms with Gasteiger partial charge in [0.05, 0.1) is 12.2 Å². The van der Waals surface area contributed by atoms with Crippen LogP contribution in [0.25, 0.3) is 11.3 Å². The molecule has 2 aromatic carbocycles. The number of carbonyl (C=O) groups excluding carboxylic acids is 1. The molecule has 1 atom stereocenters. The third-order valence-electron chi connectivity index (χ3n) is 6.41. The van der Waals surface area contributed by atoms with E-state index in [1.165, 1.54) is 7.05 Å². The highest BCUT2D eigenvalue weighted by atomic mass is 32.2. The van der Waals surface area contributed by atoms with E-state index < -0.39 is 27.1 Å². The standard InChI is InChI=1S/C26H26N6O4S/c1-15-7-6-8-16(2)24(15)19-12-23-30-26(29-19)31-37(34,35)22(27)11-20(28-3)25(33)32-13-17-9-4-5-10-18(17)21(14-32)36-23/h4-12,21H,13-14,27H2,1-3H3,(H,29,30,31)/b22-11+,28-20?. The summed E-state index contributed by atoms with van der Waals surface area (Å²) in [5.41, 5.74) is 10.9. The molecular formula is C26H26N6O4S. The van der Waals surface area contributed by atoms with Crippen molar-refractivity contribution in [2.75, 3.05) is 18.3 Å². The first kappa shape index (κ1) is 24.4. The largest absolute Gasteiger partial charge is 0.467 e. The van der Waals surface area contributed by atoms with Crippen LogP contribution in [0.4, 0.5) is 5.95 Å². The average molecular weight is 519 g/mol. The molecule has 3 heterocycles. The molecule has 190 valence electrons. The summed E-state index contributed by atoms with van der Waals surface area (Å²) in [6, 6.07) is 15.2. The number of nitrogens with two attached hydrogens (primary N) is 1. The van der Waals surface area contributed by atoms with Crippen LogP contribution in [-0.2, 0) is 21.4 Å².